The van der Waals surface area contributed by atoms with Crippen LogP contribution in [-0.2, 0) is 5.41 Å². The fourth-order valence-corrected chi connectivity index (χ4v) is 7.69. The van der Waals surface area contributed by atoms with Crippen LogP contribution in [0, 0.1) is 13.8 Å². The highest BCUT2D eigenvalue weighted by Gasteiger charge is 2.36. The maximum atomic E-state index is 2.48. The predicted octanol–water partition coefficient (Wildman–Crippen LogP) is 11.0. The van der Waals surface area contributed by atoms with Crippen LogP contribution in [0.1, 0.15) is 54.0 Å². The first-order chi connectivity index (χ1) is 20.4. The molecule has 1 aromatic heterocycles. The molecule has 5 aromatic carbocycles. The molecule has 0 N–H and O–H groups in total. The molecule has 1 nitrogen and oxygen atoms in total. The fraction of sp³-hybridized carbons (Fsp3) is 0.171. The maximum Gasteiger partial charge on any atom is 0.0544 e. The van der Waals surface area contributed by atoms with E-state index in [9.17, 15) is 0 Å². The summed E-state index contributed by atoms with van der Waals surface area (Å²) in [5, 5.41) is 2.62. The average Bonchev–Trinajstić information content (AvgIpc) is 3.45. The monoisotopic (exact) mass is 541 g/mol. The highest BCUT2D eigenvalue weighted by atomic mass is 15.0. The highest BCUT2D eigenvalue weighted by Crippen LogP contribution is 2.51. The number of aryl methyl sites for hydroxylation is 2. The molecule has 1 heteroatoms. The molecule has 0 bridgehead atoms. The summed E-state index contributed by atoms with van der Waals surface area (Å²) in [5.41, 5.74) is 16.0. The van der Waals surface area contributed by atoms with Crippen LogP contribution in [0.25, 0.3) is 49.7 Å². The highest BCUT2D eigenvalue weighted by molar-refractivity contribution is 6.11. The quantitative estimate of drug-likeness (QED) is 0.210. The van der Waals surface area contributed by atoms with Crippen LogP contribution in [0.2, 0.25) is 0 Å². The van der Waals surface area contributed by atoms with Crippen molar-refractivity contribution in [2.75, 3.05) is 0 Å². The van der Waals surface area contributed by atoms with Gasteiger partial charge in [0.2, 0.25) is 0 Å². The molecule has 6 aromatic rings. The number of rotatable bonds is 3. The lowest BCUT2D eigenvalue weighted by Crippen LogP contribution is -2.15. The molecule has 0 fully saturated rings. The van der Waals surface area contributed by atoms with Crippen LogP contribution in [0.4, 0.5) is 0 Å². The zero-order valence-corrected chi connectivity index (χ0v) is 24.8. The van der Waals surface area contributed by atoms with Crippen molar-refractivity contribution in [3.05, 3.63) is 149 Å². The van der Waals surface area contributed by atoms with E-state index in [2.05, 4.69) is 154 Å². The zero-order chi connectivity index (χ0) is 28.6. The maximum absolute atomic E-state index is 2.48. The first kappa shape index (κ1) is 25.1. The van der Waals surface area contributed by atoms with Gasteiger partial charge in [-0.3, -0.25) is 0 Å². The Morgan fingerprint density at radius 3 is 2.31 bits per heavy atom. The molecule has 0 spiro atoms. The molecule has 0 amide bonds. The van der Waals surface area contributed by atoms with E-state index in [1.165, 1.54) is 77.6 Å². The van der Waals surface area contributed by atoms with Gasteiger partial charge in [-0.25, -0.2) is 0 Å². The third kappa shape index (κ3) is 3.56. The van der Waals surface area contributed by atoms with Crippen molar-refractivity contribution >= 4 is 21.8 Å². The molecule has 0 aliphatic heterocycles. The molecule has 42 heavy (non-hydrogen) atoms. The summed E-state index contributed by atoms with van der Waals surface area (Å²) in [6.45, 7) is 9.26. The van der Waals surface area contributed by atoms with Gasteiger partial charge in [0.1, 0.15) is 0 Å². The Kier molecular flexibility index (Phi) is 5.50. The summed E-state index contributed by atoms with van der Waals surface area (Å²) in [5.74, 6) is 0.413. The Balaban J connectivity index is 1.34. The van der Waals surface area contributed by atoms with E-state index >= 15 is 0 Å². The second-order valence-electron chi connectivity index (χ2n) is 12.6. The second-order valence-corrected chi connectivity index (χ2v) is 12.6. The average molecular weight is 542 g/mol. The molecule has 0 saturated carbocycles. The van der Waals surface area contributed by atoms with E-state index in [1.807, 2.05) is 0 Å². The van der Waals surface area contributed by atoms with Crippen molar-refractivity contribution in [2.45, 2.75) is 45.4 Å². The van der Waals surface area contributed by atoms with Gasteiger partial charge in [0.15, 0.2) is 0 Å². The van der Waals surface area contributed by atoms with Crippen LogP contribution >= 0.6 is 0 Å². The summed E-state index contributed by atoms with van der Waals surface area (Å²) in [4.78, 5) is 0. The number of fused-ring (bicyclic) bond motifs is 6. The fourth-order valence-electron chi connectivity index (χ4n) is 7.69. The zero-order valence-electron chi connectivity index (χ0n) is 24.8. The number of benzene rings is 5. The van der Waals surface area contributed by atoms with Crippen LogP contribution in [0.5, 0.6) is 0 Å². The van der Waals surface area contributed by atoms with Crippen molar-refractivity contribution in [2.24, 2.45) is 0 Å². The van der Waals surface area contributed by atoms with Crippen molar-refractivity contribution < 1.29 is 0 Å². The summed E-state index contributed by atoms with van der Waals surface area (Å²) in [7, 11) is 0. The number of allylic oxidation sites excluding steroid dienone is 4. The Morgan fingerprint density at radius 1 is 0.643 bits per heavy atom. The molecular weight excluding hydrogens is 506 g/mol. The molecular formula is C41H35N. The van der Waals surface area contributed by atoms with E-state index in [0.717, 1.165) is 6.42 Å². The van der Waals surface area contributed by atoms with E-state index in [1.54, 1.807) is 0 Å². The number of nitrogens with zero attached hydrogens (tertiary/aromatic N) is 1. The summed E-state index contributed by atoms with van der Waals surface area (Å²) >= 11 is 0. The lowest BCUT2D eigenvalue weighted by molar-refractivity contribution is 0.661. The van der Waals surface area contributed by atoms with E-state index < -0.39 is 0 Å². The van der Waals surface area contributed by atoms with E-state index in [-0.39, 0.29) is 5.41 Å². The molecule has 1 atom stereocenters. The topological polar surface area (TPSA) is 4.93 Å². The van der Waals surface area contributed by atoms with Gasteiger partial charge in [0, 0.05) is 27.8 Å². The van der Waals surface area contributed by atoms with Crippen molar-refractivity contribution in [1.82, 2.24) is 4.57 Å². The SMILES string of the molecule is Cc1cc(-n2c3ccccc3c3cc4c(cc32)C(C)(C)c2ccccc2-4)ccc1-c1c(C)cccc1C1C=CC=CC1. The number of hydrogen-bond donors (Lipinski definition) is 0. The lowest BCUT2D eigenvalue weighted by Gasteiger charge is -2.22. The van der Waals surface area contributed by atoms with Crippen molar-refractivity contribution in [3.63, 3.8) is 0 Å². The predicted molar refractivity (Wildman–Crippen MR) is 179 cm³/mol. The Hall–Kier alpha value is -4.62. The molecule has 8 rings (SSSR count). The second kappa shape index (κ2) is 9.19. The summed E-state index contributed by atoms with van der Waals surface area (Å²) in [6, 6.07) is 36.6. The lowest BCUT2D eigenvalue weighted by atomic mass is 9.82. The first-order valence-corrected chi connectivity index (χ1v) is 15.2. The Labute approximate surface area is 248 Å². The molecule has 1 heterocycles. The smallest absolute Gasteiger partial charge is 0.0544 e. The van der Waals surface area contributed by atoms with Gasteiger partial charge < -0.3 is 4.57 Å². The van der Waals surface area contributed by atoms with Gasteiger partial charge in [-0.2, -0.15) is 0 Å². The minimum Gasteiger partial charge on any atom is -0.309 e. The van der Waals surface area contributed by atoms with E-state index in [0.29, 0.717) is 5.92 Å². The van der Waals surface area contributed by atoms with Gasteiger partial charge in [-0.05, 0) is 101 Å². The van der Waals surface area contributed by atoms with Crippen LogP contribution in [0.15, 0.2) is 121 Å². The van der Waals surface area contributed by atoms with Gasteiger partial charge in [-0.1, -0.05) is 105 Å². The minimum atomic E-state index is -0.0365. The largest absolute Gasteiger partial charge is 0.309 e. The standard InChI is InChI=1S/C41H35N/c1-26-13-12-18-31(28-14-6-5-7-15-28)40(26)30-22-21-29(23-27(30)2)42-38-20-11-9-17-33(38)35-24-34-32-16-8-10-19-36(32)41(3,4)37(34)25-39(35)42/h5-14,16-25,28H,15H2,1-4H3. The minimum absolute atomic E-state index is 0.0365. The van der Waals surface area contributed by atoms with Crippen LogP contribution in [-0.4, -0.2) is 4.57 Å². The molecule has 0 radical (unpaired) electrons. The van der Waals surface area contributed by atoms with Gasteiger partial charge in [0.05, 0.1) is 11.0 Å². The van der Waals surface area contributed by atoms with E-state index in [4.69, 9.17) is 0 Å². The summed E-state index contributed by atoms with van der Waals surface area (Å²) < 4.78 is 2.48. The van der Waals surface area contributed by atoms with Gasteiger partial charge in [0.25, 0.3) is 0 Å². The molecule has 1 unspecified atom stereocenters. The molecule has 0 saturated heterocycles. The number of aromatic nitrogens is 1. The van der Waals surface area contributed by atoms with Gasteiger partial charge >= 0.3 is 0 Å². The van der Waals surface area contributed by atoms with Crippen LogP contribution < -0.4 is 0 Å². The Morgan fingerprint density at radius 2 is 1.48 bits per heavy atom. The van der Waals surface area contributed by atoms with Gasteiger partial charge in [-0.15, -0.1) is 0 Å². The number of para-hydroxylation sites is 1. The normalized spacial score (nSPS) is 16.7. The third-order valence-corrected chi connectivity index (χ3v) is 9.80. The molecule has 2 aliphatic rings. The van der Waals surface area contributed by atoms with Crippen molar-refractivity contribution in [1.29, 1.82) is 0 Å². The first-order valence-electron chi connectivity index (χ1n) is 15.2. The Bertz CT molecular complexity index is 2110. The number of hydrogen-bond acceptors (Lipinski definition) is 0. The van der Waals surface area contributed by atoms with Crippen LogP contribution in [0.3, 0.4) is 0 Å². The summed E-state index contributed by atoms with van der Waals surface area (Å²) in [6.07, 6.45) is 10.0. The molecule has 2 aliphatic carbocycles. The third-order valence-electron chi connectivity index (χ3n) is 9.80. The van der Waals surface area contributed by atoms with Crippen molar-refractivity contribution in [3.8, 4) is 27.9 Å². The molecule has 204 valence electrons.